The standard InChI is InChI=1S/C37H66N4O11/c1-30(2)41-52-28-31(42)18-17-23-38-35(45)29-51-27-26-50-25-24-39-33(43)22-21-32(37(48)49)40-34(44)19-15-13-11-9-7-5-3-4-6-8-10-12-14-16-20-36(46)47/h32H,3-29H2,1-2H3,(H,38,45)(H,39,43)(H,40,44)(H,46,47)(H,48,49)/t32-/m0/s1. The van der Waals surface area contributed by atoms with Gasteiger partial charge in [0.05, 0.1) is 25.5 Å². The summed E-state index contributed by atoms with van der Waals surface area (Å²) in [6.07, 6.45) is 16.3. The number of carboxylic acids is 2. The monoisotopic (exact) mass is 742 g/mol. The quantitative estimate of drug-likeness (QED) is 0.0334. The number of carboxylic acid groups (broad SMARTS) is 2. The number of ether oxygens (including phenoxy) is 2. The summed E-state index contributed by atoms with van der Waals surface area (Å²) in [4.78, 5) is 74.8. The molecular weight excluding hydrogens is 676 g/mol. The van der Waals surface area contributed by atoms with Gasteiger partial charge in [0.15, 0.2) is 12.4 Å². The SMILES string of the molecule is CC(C)=NOCC(=O)CCCNC(=O)COCCOCCNC(=O)CC[C@H](NC(=O)CCCCCCCCCCCCCCCCC(=O)O)C(=O)O. The van der Waals surface area contributed by atoms with E-state index in [9.17, 15) is 33.9 Å². The lowest BCUT2D eigenvalue weighted by Crippen LogP contribution is -2.41. The van der Waals surface area contributed by atoms with Crippen LogP contribution in [0.1, 0.15) is 142 Å². The zero-order chi connectivity index (χ0) is 38.7. The van der Waals surface area contributed by atoms with Crippen LogP contribution in [0.25, 0.3) is 0 Å². The number of carbonyl (C=O) groups excluding carboxylic acids is 4. The average Bonchev–Trinajstić information content (AvgIpc) is 3.09. The van der Waals surface area contributed by atoms with Crippen molar-refractivity contribution in [1.29, 1.82) is 0 Å². The second-order valence-electron chi connectivity index (χ2n) is 13.2. The predicted molar refractivity (Wildman–Crippen MR) is 197 cm³/mol. The normalized spacial score (nSPS) is 11.3. The van der Waals surface area contributed by atoms with E-state index in [1.54, 1.807) is 13.8 Å². The topological polar surface area (TPSA) is 219 Å². The van der Waals surface area contributed by atoms with Gasteiger partial charge in [-0.15, -0.1) is 0 Å². The highest BCUT2D eigenvalue weighted by Gasteiger charge is 2.20. The summed E-state index contributed by atoms with van der Waals surface area (Å²) in [6.45, 7) is 4.45. The van der Waals surface area contributed by atoms with Gasteiger partial charge in [0, 0.05) is 38.8 Å². The molecule has 52 heavy (non-hydrogen) atoms. The van der Waals surface area contributed by atoms with Crippen LogP contribution in [0, 0.1) is 0 Å². The van der Waals surface area contributed by atoms with E-state index in [-0.39, 0.29) is 95.2 Å². The Morgan fingerprint density at radius 1 is 0.558 bits per heavy atom. The van der Waals surface area contributed by atoms with Crippen molar-refractivity contribution in [1.82, 2.24) is 16.0 Å². The second kappa shape index (κ2) is 34.5. The molecule has 0 spiro atoms. The van der Waals surface area contributed by atoms with E-state index in [2.05, 4.69) is 21.1 Å². The molecule has 0 bridgehead atoms. The van der Waals surface area contributed by atoms with Crippen LogP contribution < -0.4 is 16.0 Å². The largest absolute Gasteiger partial charge is 0.481 e. The van der Waals surface area contributed by atoms with E-state index in [1.807, 2.05) is 0 Å². The van der Waals surface area contributed by atoms with Crippen LogP contribution in [0.3, 0.4) is 0 Å². The number of oxime groups is 1. The minimum atomic E-state index is -1.18. The summed E-state index contributed by atoms with van der Waals surface area (Å²) >= 11 is 0. The number of Topliss-reactive ketones (excluding diaryl/α,β-unsaturated/α-hetero) is 1. The lowest BCUT2D eigenvalue weighted by atomic mass is 10.0. The third kappa shape index (κ3) is 34.8. The maximum absolute atomic E-state index is 12.3. The number of aliphatic carboxylic acids is 2. The Labute approximate surface area is 309 Å². The van der Waals surface area contributed by atoms with E-state index in [0.717, 1.165) is 44.2 Å². The third-order valence-electron chi connectivity index (χ3n) is 7.94. The van der Waals surface area contributed by atoms with E-state index in [0.29, 0.717) is 19.4 Å². The van der Waals surface area contributed by atoms with E-state index < -0.39 is 18.0 Å². The summed E-state index contributed by atoms with van der Waals surface area (Å²) in [5.41, 5.74) is 0.721. The Hall–Kier alpha value is -3.59. The fraction of sp³-hybridized carbons (Fsp3) is 0.811. The Balaban J connectivity index is 3.71. The van der Waals surface area contributed by atoms with Crippen LogP contribution in [-0.2, 0) is 43.1 Å². The Morgan fingerprint density at radius 2 is 1.10 bits per heavy atom. The van der Waals surface area contributed by atoms with Gasteiger partial charge in [-0.25, -0.2) is 4.79 Å². The molecule has 0 aliphatic carbocycles. The number of nitrogens with one attached hydrogen (secondary N) is 3. The molecule has 3 amide bonds. The van der Waals surface area contributed by atoms with Crippen LogP contribution in [0.4, 0.5) is 0 Å². The number of rotatable bonds is 37. The van der Waals surface area contributed by atoms with Crippen LogP contribution in [0.2, 0.25) is 0 Å². The van der Waals surface area contributed by atoms with Gasteiger partial charge in [0.2, 0.25) is 17.7 Å². The van der Waals surface area contributed by atoms with Crippen molar-refractivity contribution in [3.63, 3.8) is 0 Å². The smallest absolute Gasteiger partial charge is 0.326 e. The summed E-state index contributed by atoms with van der Waals surface area (Å²) in [6, 6.07) is -1.13. The van der Waals surface area contributed by atoms with Crippen molar-refractivity contribution < 1.29 is 53.3 Å². The Morgan fingerprint density at radius 3 is 1.65 bits per heavy atom. The lowest BCUT2D eigenvalue weighted by Gasteiger charge is -2.14. The van der Waals surface area contributed by atoms with E-state index in [4.69, 9.17) is 19.4 Å². The molecule has 15 heteroatoms. The van der Waals surface area contributed by atoms with Crippen molar-refractivity contribution in [2.45, 2.75) is 148 Å². The molecular formula is C37H66N4O11. The van der Waals surface area contributed by atoms with Gasteiger partial charge in [0.25, 0.3) is 0 Å². The molecule has 0 saturated carbocycles. The molecule has 0 rings (SSSR count). The number of amides is 3. The molecule has 0 saturated heterocycles. The van der Waals surface area contributed by atoms with Gasteiger partial charge in [-0.05, 0) is 39.5 Å². The molecule has 15 nitrogen and oxygen atoms in total. The molecule has 5 N–H and O–H groups in total. The second-order valence-corrected chi connectivity index (χ2v) is 13.2. The molecule has 0 aliphatic heterocycles. The van der Waals surface area contributed by atoms with Gasteiger partial charge >= 0.3 is 11.9 Å². The van der Waals surface area contributed by atoms with E-state index in [1.165, 1.54) is 44.9 Å². The van der Waals surface area contributed by atoms with Gasteiger partial charge in [-0.3, -0.25) is 24.0 Å². The van der Waals surface area contributed by atoms with Crippen LogP contribution in [0.5, 0.6) is 0 Å². The van der Waals surface area contributed by atoms with Crippen LogP contribution in [0.15, 0.2) is 5.16 Å². The number of hydrogen-bond donors (Lipinski definition) is 5. The highest BCUT2D eigenvalue weighted by atomic mass is 16.6. The fourth-order valence-electron chi connectivity index (χ4n) is 5.09. The minimum absolute atomic E-state index is 0.0189. The lowest BCUT2D eigenvalue weighted by molar-refractivity contribution is -0.142. The zero-order valence-corrected chi connectivity index (χ0v) is 31.7. The molecule has 0 radical (unpaired) electrons. The number of ketones is 1. The van der Waals surface area contributed by atoms with Crippen molar-refractivity contribution in [3.05, 3.63) is 0 Å². The fourth-order valence-corrected chi connectivity index (χ4v) is 5.09. The van der Waals surface area contributed by atoms with Gasteiger partial charge in [0.1, 0.15) is 12.6 Å². The Bertz CT molecular complexity index is 1040. The molecule has 0 unspecified atom stereocenters. The first kappa shape index (κ1) is 48.4. The van der Waals surface area contributed by atoms with E-state index >= 15 is 0 Å². The van der Waals surface area contributed by atoms with Gasteiger partial charge in [-0.1, -0.05) is 82.2 Å². The van der Waals surface area contributed by atoms with Crippen LogP contribution in [-0.4, -0.2) is 104 Å². The first-order chi connectivity index (χ1) is 25.0. The van der Waals surface area contributed by atoms with Crippen molar-refractivity contribution in [2.75, 3.05) is 46.1 Å². The average molecular weight is 743 g/mol. The first-order valence-electron chi connectivity index (χ1n) is 19.1. The maximum atomic E-state index is 12.3. The summed E-state index contributed by atoms with van der Waals surface area (Å²) in [7, 11) is 0. The molecule has 0 aromatic rings. The van der Waals surface area contributed by atoms with Crippen LogP contribution >= 0.6 is 0 Å². The Kier molecular flexibility index (Phi) is 32.1. The maximum Gasteiger partial charge on any atom is 0.326 e. The summed E-state index contributed by atoms with van der Waals surface area (Å²) in [5, 5.41) is 29.6. The highest BCUT2D eigenvalue weighted by molar-refractivity contribution is 5.84. The first-order valence-corrected chi connectivity index (χ1v) is 19.1. The molecule has 0 aromatic heterocycles. The summed E-state index contributed by atoms with van der Waals surface area (Å²) < 4.78 is 10.6. The number of unbranched alkanes of at least 4 members (excludes halogenated alkanes) is 13. The van der Waals surface area contributed by atoms with Crippen molar-refractivity contribution >= 4 is 41.2 Å². The minimum Gasteiger partial charge on any atom is -0.481 e. The molecule has 0 aliphatic rings. The number of nitrogens with zero attached hydrogens (tertiary/aromatic N) is 1. The van der Waals surface area contributed by atoms with Crippen molar-refractivity contribution in [2.24, 2.45) is 5.16 Å². The summed E-state index contributed by atoms with van der Waals surface area (Å²) in [5.74, 6) is -2.97. The molecule has 1 atom stereocenters. The highest BCUT2D eigenvalue weighted by Crippen LogP contribution is 2.14. The predicted octanol–water partition coefficient (Wildman–Crippen LogP) is 4.69. The number of hydrogen-bond acceptors (Lipinski definition) is 10. The van der Waals surface area contributed by atoms with Gasteiger partial charge in [-0.2, -0.15) is 0 Å². The molecule has 300 valence electrons. The molecule has 0 aromatic carbocycles. The van der Waals surface area contributed by atoms with Crippen molar-refractivity contribution in [3.8, 4) is 0 Å². The third-order valence-corrected chi connectivity index (χ3v) is 7.94. The zero-order valence-electron chi connectivity index (χ0n) is 31.7. The molecule has 0 fully saturated rings. The van der Waals surface area contributed by atoms with Gasteiger partial charge < -0.3 is 40.5 Å². The number of carbonyl (C=O) groups is 6. The molecule has 0 heterocycles.